The number of nitrogens with one attached hydrogen (secondary N) is 1. The first-order valence-electron chi connectivity index (χ1n) is 6.45. The highest BCUT2D eigenvalue weighted by atomic mass is 35.5. The summed E-state index contributed by atoms with van der Waals surface area (Å²) in [4.78, 5) is 4.29. The van der Waals surface area contributed by atoms with Crippen LogP contribution in [0.5, 0.6) is 0 Å². The second kappa shape index (κ2) is 6.17. The number of rotatable bonds is 5. The summed E-state index contributed by atoms with van der Waals surface area (Å²) < 4.78 is 1.93. The Morgan fingerprint density at radius 3 is 2.53 bits per heavy atom. The molecule has 1 aromatic carbocycles. The van der Waals surface area contributed by atoms with Gasteiger partial charge in [0, 0.05) is 17.1 Å². The molecule has 2 aromatic rings. The average molecular weight is 279 g/mol. The van der Waals surface area contributed by atoms with Gasteiger partial charge in [0.1, 0.15) is 12.2 Å². The maximum atomic E-state index is 5.89. The monoisotopic (exact) mass is 278 g/mol. The van der Waals surface area contributed by atoms with Gasteiger partial charge in [0.2, 0.25) is 0 Å². The Balaban J connectivity index is 1.98. The van der Waals surface area contributed by atoms with Crippen LogP contribution in [0.15, 0.2) is 30.6 Å². The lowest BCUT2D eigenvalue weighted by Crippen LogP contribution is -2.21. The van der Waals surface area contributed by atoms with Crippen LogP contribution in [0.25, 0.3) is 0 Å². The molecule has 0 unspecified atom stereocenters. The summed E-state index contributed by atoms with van der Waals surface area (Å²) in [6.07, 6.45) is 1.60. The lowest BCUT2D eigenvalue weighted by atomic mass is 10.1. The standard InChI is InChI=1S/C14H19ClN4/c1-10(2)19-14(17-9-18-19)8-16-11(3)12-4-6-13(15)7-5-12/h4-7,9-11,16H,8H2,1-3H3/t11-/m1/s1. The van der Waals surface area contributed by atoms with E-state index in [1.54, 1.807) is 6.33 Å². The van der Waals surface area contributed by atoms with E-state index in [1.165, 1.54) is 5.56 Å². The van der Waals surface area contributed by atoms with Crippen LogP contribution in [0.3, 0.4) is 0 Å². The fourth-order valence-corrected chi connectivity index (χ4v) is 2.07. The number of halogens is 1. The number of hydrogen-bond donors (Lipinski definition) is 1. The Labute approximate surface area is 118 Å². The summed E-state index contributed by atoms with van der Waals surface area (Å²) in [5.74, 6) is 0.954. The molecule has 2 rings (SSSR count). The third-order valence-corrected chi connectivity index (χ3v) is 3.32. The SMILES string of the molecule is CC(C)n1ncnc1CN[C@H](C)c1ccc(Cl)cc1. The van der Waals surface area contributed by atoms with Gasteiger partial charge in [0.25, 0.3) is 0 Å². The highest BCUT2D eigenvalue weighted by molar-refractivity contribution is 6.30. The summed E-state index contributed by atoms with van der Waals surface area (Å²) in [7, 11) is 0. The molecule has 0 bridgehead atoms. The van der Waals surface area contributed by atoms with Crippen LogP contribution in [0.4, 0.5) is 0 Å². The highest BCUT2D eigenvalue weighted by Crippen LogP contribution is 2.16. The van der Waals surface area contributed by atoms with Crippen molar-refractivity contribution in [3.63, 3.8) is 0 Å². The van der Waals surface area contributed by atoms with Crippen molar-refractivity contribution in [2.24, 2.45) is 0 Å². The zero-order valence-corrected chi connectivity index (χ0v) is 12.2. The molecule has 1 heterocycles. The number of hydrogen-bond acceptors (Lipinski definition) is 3. The maximum absolute atomic E-state index is 5.89. The van der Waals surface area contributed by atoms with Crippen LogP contribution in [0.1, 0.15) is 44.2 Å². The Morgan fingerprint density at radius 2 is 1.89 bits per heavy atom. The van der Waals surface area contributed by atoms with Gasteiger partial charge >= 0.3 is 0 Å². The predicted octanol–water partition coefficient (Wildman–Crippen LogP) is 3.36. The van der Waals surface area contributed by atoms with Gasteiger partial charge < -0.3 is 5.32 Å². The van der Waals surface area contributed by atoms with E-state index in [9.17, 15) is 0 Å². The molecular weight excluding hydrogens is 260 g/mol. The molecule has 4 nitrogen and oxygen atoms in total. The van der Waals surface area contributed by atoms with Crippen molar-refractivity contribution in [2.45, 2.75) is 39.4 Å². The second-order valence-electron chi connectivity index (χ2n) is 4.87. The zero-order valence-electron chi connectivity index (χ0n) is 11.5. The van der Waals surface area contributed by atoms with Gasteiger partial charge in [0.15, 0.2) is 0 Å². The summed E-state index contributed by atoms with van der Waals surface area (Å²) in [6, 6.07) is 8.46. The Bertz CT molecular complexity index is 518. The molecule has 102 valence electrons. The van der Waals surface area contributed by atoms with Crippen LogP contribution in [-0.4, -0.2) is 14.8 Å². The largest absolute Gasteiger partial charge is 0.303 e. The molecule has 0 aliphatic rings. The molecule has 5 heteroatoms. The van der Waals surface area contributed by atoms with Gasteiger partial charge in [-0.15, -0.1) is 0 Å². The Morgan fingerprint density at radius 1 is 1.21 bits per heavy atom. The minimum absolute atomic E-state index is 0.245. The molecule has 1 atom stereocenters. The molecule has 0 saturated carbocycles. The fraction of sp³-hybridized carbons (Fsp3) is 0.429. The molecule has 0 amide bonds. The first-order chi connectivity index (χ1) is 9.08. The molecule has 0 saturated heterocycles. The van der Waals surface area contributed by atoms with Crippen molar-refractivity contribution in [3.8, 4) is 0 Å². The second-order valence-corrected chi connectivity index (χ2v) is 5.31. The normalized spacial score (nSPS) is 12.9. The van der Waals surface area contributed by atoms with E-state index in [0.29, 0.717) is 12.6 Å². The van der Waals surface area contributed by atoms with E-state index >= 15 is 0 Å². The molecule has 1 aromatic heterocycles. The minimum Gasteiger partial charge on any atom is -0.303 e. The van der Waals surface area contributed by atoms with Crippen LogP contribution in [0.2, 0.25) is 5.02 Å². The van der Waals surface area contributed by atoms with E-state index in [2.05, 4.69) is 36.2 Å². The maximum Gasteiger partial charge on any atom is 0.141 e. The van der Waals surface area contributed by atoms with Crippen molar-refractivity contribution in [2.75, 3.05) is 0 Å². The summed E-state index contributed by atoms with van der Waals surface area (Å²) >= 11 is 5.89. The van der Waals surface area contributed by atoms with Crippen LogP contribution in [-0.2, 0) is 6.54 Å². The number of aromatic nitrogens is 3. The van der Waals surface area contributed by atoms with Crippen molar-refractivity contribution >= 4 is 11.6 Å². The Hall–Kier alpha value is -1.39. The molecular formula is C14H19ClN4. The molecule has 0 radical (unpaired) electrons. The zero-order chi connectivity index (χ0) is 13.8. The first-order valence-corrected chi connectivity index (χ1v) is 6.83. The molecule has 0 aliphatic carbocycles. The van der Waals surface area contributed by atoms with E-state index in [1.807, 2.05) is 28.9 Å². The van der Waals surface area contributed by atoms with Gasteiger partial charge in [0.05, 0.1) is 6.54 Å². The molecule has 19 heavy (non-hydrogen) atoms. The molecule has 1 N–H and O–H groups in total. The van der Waals surface area contributed by atoms with Crippen LogP contribution in [0, 0.1) is 0 Å². The van der Waals surface area contributed by atoms with Gasteiger partial charge in [-0.3, -0.25) is 0 Å². The van der Waals surface area contributed by atoms with Crippen molar-refractivity contribution in [1.82, 2.24) is 20.1 Å². The van der Waals surface area contributed by atoms with E-state index in [-0.39, 0.29) is 6.04 Å². The summed E-state index contributed by atoms with van der Waals surface area (Å²) in [6.45, 7) is 7.02. The molecule has 0 fully saturated rings. The van der Waals surface area contributed by atoms with Crippen molar-refractivity contribution < 1.29 is 0 Å². The third kappa shape index (κ3) is 3.55. The lowest BCUT2D eigenvalue weighted by molar-refractivity contribution is 0.473. The average Bonchev–Trinajstić information content (AvgIpc) is 2.85. The quantitative estimate of drug-likeness (QED) is 0.912. The van der Waals surface area contributed by atoms with Gasteiger partial charge in [-0.1, -0.05) is 23.7 Å². The first kappa shape index (κ1) is 14.0. The third-order valence-electron chi connectivity index (χ3n) is 3.07. The smallest absolute Gasteiger partial charge is 0.141 e. The number of benzene rings is 1. The Kier molecular flexibility index (Phi) is 4.56. The van der Waals surface area contributed by atoms with Crippen molar-refractivity contribution in [1.29, 1.82) is 0 Å². The number of nitrogens with zero attached hydrogens (tertiary/aromatic N) is 3. The van der Waals surface area contributed by atoms with Crippen LogP contribution < -0.4 is 5.32 Å². The van der Waals surface area contributed by atoms with E-state index < -0.39 is 0 Å². The van der Waals surface area contributed by atoms with Crippen LogP contribution >= 0.6 is 11.6 Å². The predicted molar refractivity (Wildman–Crippen MR) is 77.1 cm³/mol. The minimum atomic E-state index is 0.245. The topological polar surface area (TPSA) is 42.7 Å². The van der Waals surface area contributed by atoms with Crippen molar-refractivity contribution in [3.05, 3.63) is 47.0 Å². The molecule has 0 spiro atoms. The molecule has 0 aliphatic heterocycles. The summed E-state index contributed by atoms with van der Waals surface area (Å²) in [5, 5.41) is 8.44. The van der Waals surface area contributed by atoms with Gasteiger partial charge in [-0.25, -0.2) is 9.67 Å². The van der Waals surface area contributed by atoms with E-state index in [4.69, 9.17) is 11.6 Å². The highest BCUT2D eigenvalue weighted by Gasteiger charge is 2.10. The van der Waals surface area contributed by atoms with Gasteiger partial charge in [-0.05, 0) is 38.5 Å². The van der Waals surface area contributed by atoms with Gasteiger partial charge in [-0.2, -0.15) is 5.10 Å². The van der Waals surface area contributed by atoms with E-state index in [0.717, 1.165) is 10.8 Å². The summed E-state index contributed by atoms with van der Waals surface area (Å²) in [5.41, 5.74) is 1.21. The fourth-order valence-electron chi connectivity index (χ4n) is 1.95. The lowest BCUT2D eigenvalue weighted by Gasteiger charge is -2.15.